The van der Waals surface area contributed by atoms with Gasteiger partial charge in [0.15, 0.2) is 5.65 Å². The molecule has 0 unspecified atom stereocenters. The largest absolute Gasteiger partial charge is 0.286 e. The topological polar surface area (TPSA) is 67.6 Å². The van der Waals surface area contributed by atoms with Gasteiger partial charge in [-0.2, -0.15) is 0 Å². The van der Waals surface area contributed by atoms with Crippen LogP contribution in [0.15, 0.2) is 71.8 Å². The Morgan fingerprint density at radius 2 is 1.70 bits per heavy atom. The summed E-state index contributed by atoms with van der Waals surface area (Å²) in [7, 11) is -3.89. The van der Waals surface area contributed by atoms with Gasteiger partial charge in [0.2, 0.25) is 0 Å². The number of sulfonamides is 1. The molecule has 0 aliphatic carbocycles. The summed E-state index contributed by atoms with van der Waals surface area (Å²) < 4.78 is 30.8. The van der Waals surface area contributed by atoms with E-state index in [9.17, 15) is 8.42 Å². The lowest BCUT2D eigenvalue weighted by Crippen LogP contribution is -2.31. The number of fused-ring (bicyclic) bond motifs is 1. The van der Waals surface area contributed by atoms with E-state index in [4.69, 9.17) is 0 Å². The fourth-order valence-electron chi connectivity index (χ4n) is 3.52. The van der Waals surface area contributed by atoms with Gasteiger partial charge in [-0.15, -0.1) is 10.2 Å². The predicted molar refractivity (Wildman–Crippen MR) is 118 cm³/mol. The van der Waals surface area contributed by atoms with Gasteiger partial charge in [-0.3, -0.25) is 8.71 Å². The first-order valence-electron chi connectivity index (χ1n) is 9.87. The van der Waals surface area contributed by atoms with Crippen LogP contribution < -0.4 is 4.31 Å². The second kappa shape index (κ2) is 7.91. The van der Waals surface area contributed by atoms with Crippen molar-refractivity contribution in [1.29, 1.82) is 0 Å². The number of hydrogen-bond acceptors (Lipinski definition) is 4. The highest BCUT2D eigenvalue weighted by Gasteiger charge is 2.28. The molecular formula is C23H24N4O2S. The van der Waals surface area contributed by atoms with Crippen LogP contribution in [0.3, 0.4) is 0 Å². The summed E-state index contributed by atoms with van der Waals surface area (Å²) in [4.78, 5) is 0.137. The molecule has 30 heavy (non-hydrogen) atoms. The number of benzene rings is 2. The number of rotatable bonds is 6. The molecule has 2 aromatic carbocycles. The number of aromatic nitrogens is 3. The van der Waals surface area contributed by atoms with Gasteiger partial charge >= 0.3 is 0 Å². The van der Waals surface area contributed by atoms with Gasteiger partial charge in [-0.1, -0.05) is 48.9 Å². The van der Waals surface area contributed by atoms with Crippen LogP contribution in [0.4, 0.5) is 5.69 Å². The van der Waals surface area contributed by atoms with Gasteiger partial charge in [-0.25, -0.2) is 8.42 Å². The molecule has 0 fully saturated rings. The molecule has 0 radical (unpaired) electrons. The second-order valence-corrected chi connectivity index (χ2v) is 9.16. The van der Waals surface area contributed by atoms with E-state index in [1.54, 1.807) is 29.7 Å². The van der Waals surface area contributed by atoms with Crippen LogP contribution in [0.5, 0.6) is 0 Å². The van der Waals surface area contributed by atoms with Crippen LogP contribution in [-0.2, 0) is 23.0 Å². The van der Waals surface area contributed by atoms with Gasteiger partial charge in [-0.05, 0) is 55.7 Å². The molecule has 2 aromatic heterocycles. The van der Waals surface area contributed by atoms with E-state index in [1.165, 1.54) is 4.31 Å². The highest BCUT2D eigenvalue weighted by Crippen LogP contribution is 2.28. The molecular weight excluding hydrogens is 396 g/mol. The average molecular weight is 421 g/mol. The summed E-state index contributed by atoms with van der Waals surface area (Å²) in [6.45, 7) is 6.09. The Morgan fingerprint density at radius 3 is 2.40 bits per heavy atom. The minimum atomic E-state index is -3.89. The lowest BCUT2D eigenvalue weighted by atomic mass is 10.1. The smallest absolute Gasteiger partial charge is 0.268 e. The number of nitrogens with zero attached hydrogens (tertiary/aromatic N) is 4. The van der Waals surface area contributed by atoms with Crippen LogP contribution in [-0.4, -0.2) is 23.0 Å². The van der Waals surface area contributed by atoms with Crippen LogP contribution >= 0.6 is 0 Å². The Balaban J connectivity index is 1.86. The fourth-order valence-corrected chi connectivity index (χ4v) is 5.09. The number of hydrogen-bond donors (Lipinski definition) is 0. The van der Waals surface area contributed by atoms with Crippen molar-refractivity contribution in [2.45, 2.75) is 38.6 Å². The van der Waals surface area contributed by atoms with E-state index in [0.29, 0.717) is 17.2 Å². The summed E-state index contributed by atoms with van der Waals surface area (Å²) in [5.41, 5.74) is 4.10. The van der Waals surface area contributed by atoms with Crippen molar-refractivity contribution in [1.82, 2.24) is 14.6 Å². The third-order valence-corrected chi connectivity index (χ3v) is 6.97. The van der Waals surface area contributed by atoms with Crippen molar-refractivity contribution in [3.8, 4) is 0 Å². The van der Waals surface area contributed by atoms with E-state index in [1.807, 2.05) is 55.5 Å². The van der Waals surface area contributed by atoms with Crippen LogP contribution in [0.25, 0.3) is 5.65 Å². The number of aryl methyl sites for hydroxylation is 3. The summed E-state index contributed by atoms with van der Waals surface area (Å²) in [5, 5.41) is 8.17. The molecule has 0 saturated heterocycles. The van der Waals surface area contributed by atoms with Crippen molar-refractivity contribution in [2.75, 3.05) is 4.31 Å². The molecule has 7 heteroatoms. The normalized spacial score (nSPS) is 11.7. The van der Waals surface area contributed by atoms with Crippen LogP contribution in [0.1, 0.15) is 29.4 Å². The van der Waals surface area contributed by atoms with Crippen LogP contribution in [0.2, 0.25) is 0 Å². The maximum atomic E-state index is 13.8. The Kier molecular flexibility index (Phi) is 5.30. The maximum Gasteiger partial charge on any atom is 0.268 e. The third kappa shape index (κ3) is 3.68. The van der Waals surface area contributed by atoms with Gasteiger partial charge in [0.05, 0.1) is 12.2 Å². The Morgan fingerprint density at radius 1 is 0.933 bits per heavy atom. The summed E-state index contributed by atoms with van der Waals surface area (Å²) >= 11 is 0. The van der Waals surface area contributed by atoms with Crippen molar-refractivity contribution in [2.24, 2.45) is 0 Å². The Bertz CT molecular complexity index is 1290. The fraction of sp³-hybridized carbons (Fsp3) is 0.217. The zero-order valence-electron chi connectivity index (χ0n) is 17.3. The van der Waals surface area contributed by atoms with Gasteiger partial charge < -0.3 is 0 Å². The highest BCUT2D eigenvalue weighted by molar-refractivity contribution is 7.93. The number of pyridine rings is 1. The quantitative estimate of drug-likeness (QED) is 0.466. The molecule has 0 bridgehead atoms. The Labute approximate surface area is 176 Å². The molecule has 0 spiro atoms. The molecule has 4 aromatic rings. The van der Waals surface area contributed by atoms with Crippen molar-refractivity contribution in [3.63, 3.8) is 0 Å². The molecule has 2 heterocycles. The zero-order valence-corrected chi connectivity index (χ0v) is 18.1. The molecule has 0 N–H and O–H groups in total. The van der Waals surface area contributed by atoms with E-state index < -0.39 is 10.0 Å². The maximum absolute atomic E-state index is 13.8. The minimum absolute atomic E-state index is 0.137. The lowest BCUT2D eigenvalue weighted by Gasteiger charge is -2.25. The molecule has 0 amide bonds. The SMILES string of the molecule is CCc1ccc(N(Cc2cccc(C)c2)S(=O)(=O)c2cccn3c(C)nnc23)cc1. The van der Waals surface area contributed by atoms with Crippen molar-refractivity contribution in [3.05, 3.63) is 89.4 Å². The number of anilines is 1. The zero-order chi connectivity index (χ0) is 21.3. The molecule has 0 aliphatic rings. The van der Waals surface area contributed by atoms with Gasteiger partial charge in [0.1, 0.15) is 10.7 Å². The first-order chi connectivity index (χ1) is 14.4. The van der Waals surface area contributed by atoms with Gasteiger partial charge in [0.25, 0.3) is 10.0 Å². The van der Waals surface area contributed by atoms with E-state index in [-0.39, 0.29) is 11.4 Å². The van der Waals surface area contributed by atoms with Crippen molar-refractivity contribution < 1.29 is 8.42 Å². The standard InChI is InChI=1S/C23H24N4O2S/c1-4-19-10-12-21(13-11-19)27(16-20-8-5-7-17(2)15-20)30(28,29)22-9-6-14-26-18(3)24-25-23(22)26/h5-15H,4,16H2,1-3H3. The summed E-state index contributed by atoms with van der Waals surface area (Å²) in [6.07, 6.45) is 2.66. The molecule has 4 rings (SSSR count). The third-order valence-electron chi connectivity index (χ3n) is 5.18. The van der Waals surface area contributed by atoms with Crippen molar-refractivity contribution >= 4 is 21.4 Å². The lowest BCUT2D eigenvalue weighted by molar-refractivity contribution is 0.590. The molecule has 0 atom stereocenters. The van der Waals surface area contributed by atoms with Gasteiger partial charge in [0, 0.05) is 6.20 Å². The average Bonchev–Trinajstić information content (AvgIpc) is 3.13. The first kappa shape index (κ1) is 20.1. The first-order valence-corrected chi connectivity index (χ1v) is 11.3. The monoisotopic (exact) mass is 420 g/mol. The minimum Gasteiger partial charge on any atom is -0.286 e. The van der Waals surface area contributed by atoms with Crippen LogP contribution in [0, 0.1) is 13.8 Å². The van der Waals surface area contributed by atoms with E-state index in [0.717, 1.165) is 23.1 Å². The molecule has 0 aliphatic heterocycles. The van der Waals surface area contributed by atoms with E-state index in [2.05, 4.69) is 17.1 Å². The van der Waals surface area contributed by atoms with E-state index >= 15 is 0 Å². The second-order valence-electron chi connectivity index (χ2n) is 7.33. The molecule has 0 saturated carbocycles. The molecule has 154 valence electrons. The Hall–Kier alpha value is -3.19. The predicted octanol–water partition coefficient (Wildman–Crippen LogP) is 4.30. The summed E-state index contributed by atoms with van der Waals surface area (Å²) in [5.74, 6) is 0.639. The highest BCUT2D eigenvalue weighted by atomic mass is 32.2. The molecule has 6 nitrogen and oxygen atoms in total. The summed E-state index contributed by atoms with van der Waals surface area (Å²) in [6, 6.07) is 18.8.